The number of hydrogen-bond acceptors (Lipinski definition) is 2. The van der Waals surface area contributed by atoms with E-state index in [1.807, 2.05) is 18.2 Å². The van der Waals surface area contributed by atoms with E-state index in [-0.39, 0.29) is 0 Å². The van der Waals surface area contributed by atoms with E-state index >= 15 is 0 Å². The van der Waals surface area contributed by atoms with Crippen LogP contribution in [0, 0.1) is 6.92 Å². The van der Waals surface area contributed by atoms with Gasteiger partial charge in [0, 0.05) is 25.3 Å². The van der Waals surface area contributed by atoms with E-state index in [1.54, 1.807) is 6.92 Å². The van der Waals surface area contributed by atoms with Crippen LogP contribution in [0.2, 0.25) is 0 Å². The summed E-state index contributed by atoms with van der Waals surface area (Å²) in [7, 11) is 0. The van der Waals surface area contributed by atoms with E-state index in [0.717, 1.165) is 19.0 Å². The lowest BCUT2D eigenvalue weighted by Gasteiger charge is -2.11. The highest BCUT2D eigenvalue weighted by molar-refractivity contribution is 7.80. The Balaban J connectivity index is 1.64. The summed E-state index contributed by atoms with van der Waals surface area (Å²) in [5.41, 5.74) is 0.874. The monoisotopic (exact) mass is 370 g/mol. The van der Waals surface area contributed by atoms with Gasteiger partial charge in [-0.15, -0.1) is 0 Å². The average molecular weight is 370 g/mol. The highest BCUT2D eigenvalue weighted by Crippen LogP contribution is 2.28. The molecule has 0 saturated heterocycles. The zero-order valence-electron chi connectivity index (χ0n) is 13.9. The van der Waals surface area contributed by atoms with E-state index < -0.39 is 11.9 Å². The summed E-state index contributed by atoms with van der Waals surface area (Å²) < 4.78 is 39.2. The summed E-state index contributed by atoms with van der Waals surface area (Å²) in [6.45, 7) is 3.31. The molecule has 8 heteroatoms. The maximum Gasteiger partial charge on any atom is 0.435 e. The summed E-state index contributed by atoms with van der Waals surface area (Å²) in [5, 5.41) is 10.3. The van der Waals surface area contributed by atoms with E-state index in [2.05, 4.69) is 27.9 Å². The molecule has 136 valence electrons. The van der Waals surface area contributed by atoms with Crippen molar-refractivity contribution in [3.8, 4) is 0 Å². The van der Waals surface area contributed by atoms with E-state index in [1.165, 1.54) is 10.2 Å². The van der Waals surface area contributed by atoms with Gasteiger partial charge in [0.25, 0.3) is 0 Å². The van der Waals surface area contributed by atoms with Crippen molar-refractivity contribution in [2.24, 2.45) is 0 Å². The minimum Gasteiger partial charge on any atom is -0.363 e. The van der Waals surface area contributed by atoms with Crippen molar-refractivity contribution in [2.45, 2.75) is 32.5 Å². The van der Waals surface area contributed by atoms with Crippen molar-refractivity contribution < 1.29 is 13.2 Å². The third-order valence-electron chi connectivity index (χ3n) is 3.65. The second-order valence-corrected chi connectivity index (χ2v) is 6.07. The number of thiocarbonyl (C=S) groups is 1. The lowest BCUT2D eigenvalue weighted by molar-refractivity contribution is -0.141. The molecule has 2 aromatic rings. The van der Waals surface area contributed by atoms with Gasteiger partial charge in [0.2, 0.25) is 0 Å². The molecule has 25 heavy (non-hydrogen) atoms. The third-order valence-corrected chi connectivity index (χ3v) is 3.93. The highest BCUT2D eigenvalue weighted by atomic mass is 32.1. The molecule has 0 amide bonds. The first-order chi connectivity index (χ1) is 11.9. The Morgan fingerprint density at radius 1 is 1.16 bits per heavy atom. The fourth-order valence-corrected chi connectivity index (χ4v) is 2.54. The predicted octanol–water partition coefficient (Wildman–Crippen LogP) is 3.31. The standard InChI is InChI=1S/C17H21F3N4S/c1-13-12-15(17(18,19)20)23-24(13)11-5-9-21-16(25)22-10-8-14-6-3-2-4-7-14/h2-4,6-7,12H,5,8-11H2,1H3,(H2,21,22,25). The number of rotatable bonds is 7. The number of hydrogen-bond donors (Lipinski definition) is 2. The quantitative estimate of drug-likeness (QED) is 0.580. The minimum atomic E-state index is -4.40. The molecule has 0 unspecified atom stereocenters. The van der Waals surface area contributed by atoms with Gasteiger partial charge in [0.05, 0.1) is 0 Å². The van der Waals surface area contributed by atoms with Crippen LogP contribution in [0.1, 0.15) is 23.4 Å². The van der Waals surface area contributed by atoms with Gasteiger partial charge in [0.1, 0.15) is 0 Å². The predicted molar refractivity (Wildman–Crippen MR) is 95.3 cm³/mol. The maximum atomic E-state index is 12.6. The van der Waals surface area contributed by atoms with Gasteiger partial charge < -0.3 is 10.6 Å². The second-order valence-electron chi connectivity index (χ2n) is 5.66. The first-order valence-corrected chi connectivity index (χ1v) is 8.44. The molecule has 2 N–H and O–H groups in total. The van der Waals surface area contributed by atoms with Crippen LogP contribution < -0.4 is 10.6 Å². The van der Waals surface area contributed by atoms with Gasteiger partial charge in [-0.2, -0.15) is 18.3 Å². The van der Waals surface area contributed by atoms with Crippen molar-refractivity contribution in [3.05, 3.63) is 53.3 Å². The van der Waals surface area contributed by atoms with Gasteiger partial charge in [0.15, 0.2) is 10.8 Å². The Morgan fingerprint density at radius 2 is 1.84 bits per heavy atom. The van der Waals surface area contributed by atoms with Crippen molar-refractivity contribution in [1.82, 2.24) is 20.4 Å². The van der Waals surface area contributed by atoms with Crippen molar-refractivity contribution in [2.75, 3.05) is 13.1 Å². The molecule has 4 nitrogen and oxygen atoms in total. The van der Waals surface area contributed by atoms with Gasteiger partial charge in [-0.3, -0.25) is 4.68 Å². The van der Waals surface area contributed by atoms with Crippen LogP contribution in [0.15, 0.2) is 36.4 Å². The van der Waals surface area contributed by atoms with Crippen LogP contribution in [0.25, 0.3) is 0 Å². The molecule has 0 radical (unpaired) electrons. The number of aryl methyl sites for hydroxylation is 2. The Morgan fingerprint density at radius 3 is 2.48 bits per heavy atom. The van der Waals surface area contributed by atoms with Crippen LogP contribution in [-0.4, -0.2) is 28.0 Å². The molecular weight excluding hydrogens is 349 g/mol. The summed E-state index contributed by atoms with van der Waals surface area (Å²) >= 11 is 5.18. The molecule has 0 aliphatic carbocycles. The summed E-state index contributed by atoms with van der Waals surface area (Å²) in [6.07, 6.45) is -2.91. The van der Waals surface area contributed by atoms with Gasteiger partial charge in [-0.1, -0.05) is 30.3 Å². The van der Waals surface area contributed by atoms with Crippen LogP contribution in [0.5, 0.6) is 0 Å². The normalized spacial score (nSPS) is 11.4. The third kappa shape index (κ3) is 6.38. The lowest BCUT2D eigenvalue weighted by Crippen LogP contribution is -2.37. The Bertz CT molecular complexity index is 683. The molecule has 0 saturated carbocycles. The Hall–Kier alpha value is -2.09. The number of nitrogens with zero attached hydrogens (tertiary/aromatic N) is 2. The fraction of sp³-hybridized carbons (Fsp3) is 0.412. The van der Waals surface area contributed by atoms with Crippen molar-refractivity contribution in [3.63, 3.8) is 0 Å². The number of alkyl halides is 3. The Kier molecular flexibility index (Phi) is 6.81. The maximum absolute atomic E-state index is 12.6. The number of benzene rings is 1. The van der Waals surface area contributed by atoms with Gasteiger partial charge in [-0.25, -0.2) is 0 Å². The zero-order chi connectivity index (χ0) is 18.3. The summed E-state index contributed by atoms with van der Waals surface area (Å²) in [5.74, 6) is 0. The molecule has 0 bridgehead atoms. The molecule has 1 aromatic carbocycles. The molecular formula is C17H21F3N4S. The summed E-state index contributed by atoms with van der Waals surface area (Å²) in [4.78, 5) is 0. The van der Waals surface area contributed by atoms with Gasteiger partial charge in [-0.05, 0) is 43.6 Å². The van der Waals surface area contributed by atoms with E-state index in [4.69, 9.17) is 12.2 Å². The largest absolute Gasteiger partial charge is 0.435 e. The Labute approximate surface area is 150 Å². The van der Waals surface area contributed by atoms with Crippen LogP contribution in [-0.2, 0) is 19.1 Å². The molecule has 0 atom stereocenters. The zero-order valence-corrected chi connectivity index (χ0v) is 14.8. The van der Waals surface area contributed by atoms with Crippen LogP contribution in [0.4, 0.5) is 13.2 Å². The molecule has 1 aromatic heterocycles. The first kappa shape index (κ1) is 19.2. The first-order valence-electron chi connectivity index (χ1n) is 8.03. The molecule has 0 fully saturated rings. The molecule has 0 aliphatic rings. The molecule has 2 rings (SSSR count). The number of aromatic nitrogens is 2. The van der Waals surface area contributed by atoms with Crippen LogP contribution >= 0.6 is 12.2 Å². The van der Waals surface area contributed by atoms with E-state index in [0.29, 0.717) is 30.3 Å². The molecule has 0 spiro atoms. The smallest absolute Gasteiger partial charge is 0.363 e. The van der Waals surface area contributed by atoms with Gasteiger partial charge >= 0.3 is 6.18 Å². The SMILES string of the molecule is Cc1cc(C(F)(F)F)nn1CCCNC(=S)NCCc1ccccc1. The topological polar surface area (TPSA) is 41.9 Å². The number of nitrogens with one attached hydrogen (secondary N) is 2. The molecule has 1 heterocycles. The highest BCUT2D eigenvalue weighted by Gasteiger charge is 2.34. The second kappa shape index (κ2) is 8.84. The lowest BCUT2D eigenvalue weighted by atomic mass is 10.1. The number of halogens is 3. The summed E-state index contributed by atoms with van der Waals surface area (Å²) in [6, 6.07) is 11.1. The van der Waals surface area contributed by atoms with Crippen LogP contribution in [0.3, 0.4) is 0 Å². The van der Waals surface area contributed by atoms with E-state index in [9.17, 15) is 13.2 Å². The van der Waals surface area contributed by atoms with Crippen molar-refractivity contribution >= 4 is 17.3 Å². The fourth-order valence-electron chi connectivity index (χ4n) is 2.33. The molecule has 0 aliphatic heterocycles. The minimum absolute atomic E-state index is 0.404. The van der Waals surface area contributed by atoms with Crippen molar-refractivity contribution in [1.29, 1.82) is 0 Å². The average Bonchev–Trinajstić information content (AvgIpc) is 2.94.